The molecule has 0 aliphatic rings. The van der Waals surface area contributed by atoms with E-state index in [1.807, 2.05) is 18.2 Å². The average molecular weight is 354 g/mol. The lowest BCUT2D eigenvalue weighted by molar-refractivity contribution is 0.293. The summed E-state index contributed by atoms with van der Waals surface area (Å²) < 4.78 is 3.06. The summed E-state index contributed by atoms with van der Waals surface area (Å²) in [5.41, 5.74) is 0.581. The van der Waals surface area contributed by atoms with Gasteiger partial charge in [0.05, 0.1) is 0 Å². The third-order valence-electron chi connectivity index (χ3n) is 3.13. The number of aromatic nitrogens is 3. The summed E-state index contributed by atoms with van der Waals surface area (Å²) in [6.45, 7) is 3.09. The van der Waals surface area contributed by atoms with Gasteiger partial charge in [-0.15, -0.1) is 40.7 Å². The molecule has 0 radical (unpaired) electrons. The Hall–Kier alpha value is -0.750. The van der Waals surface area contributed by atoms with Crippen molar-refractivity contribution in [2.75, 3.05) is 31.4 Å². The first-order valence-electron chi connectivity index (χ1n) is 6.64. The van der Waals surface area contributed by atoms with Crippen molar-refractivity contribution in [1.82, 2.24) is 19.1 Å². The predicted octanol–water partition coefficient (Wildman–Crippen LogP) is 2.09. The molecule has 0 unspecified atom stereocenters. The number of halogens is 3. The van der Waals surface area contributed by atoms with Crippen LogP contribution in [-0.2, 0) is 6.54 Å². The highest BCUT2D eigenvalue weighted by atomic mass is 35.5. The molecular formula is C13H19Cl3N4O. The third kappa shape index (κ3) is 4.88. The zero-order chi connectivity index (χ0) is 14.4. The first-order chi connectivity index (χ1) is 9.76. The highest BCUT2D eigenvalue weighted by molar-refractivity contribution is 6.18. The molecule has 5 nitrogen and oxygen atoms in total. The zero-order valence-corrected chi connectivity index (χ0v) is 13.9. The first-order valence-corrected chi connectivity index (χ1v) is 7.71. The molecule has 0 aromatic carbocycles. The van der Waals surface area contributed by atoms with Gasteiger partial charge in [-0.1, -0.05) is 6.07 Å². The second-order valence-electron chi connectivity index (χ2n) is 4.51. The molecule has 0 saturated carbocycles. The van der Waals surface area contributed by atoms with Gasteiger partial charge in [0.2, 0.25) is 0 Å². The minimum Gasteiger partial charge on any atom is -0.301 e. The lowest BCUT2D eigenvalue weighted by Crippen LogP contribution is -2.30. The fraction of sp³-hybridized carbons (Fsp3) is 0.538. The SMILES string of the molecule is Cl.O=c1n(CCCN(CCCl)CCCl)nc2ccccn12. The summed E-state index contributed by atoms with van der Waals surface area (Å²) in [5.74, 6) is 1.18. The molecule has 2 aromatic rings. The maximum atomic E-state index is 12.1. The Morgan fingerprint density at radius 2 is 1.86 bits per heavy atom. The van der Waals surface area contributed by atoms with E-state index in [-0.39, 0.29) is 18.1 Å². The van der Waals surface area contributed by atoms with Gasteiger partial charge >= 0.3 is 5.69 Å². The van der Waals surface area contributed by atoms with Crippen molar-refractivity contribution in [2.45, 2.75) is 13.0 Å². The van der Waals surface area contributed by atoms with Crippen LogP contribution >= 0.6 is 35.6 Å². The Bertz CT molecular complexity index is 592. The molecule has 0 aliphatic carbocycles. The van der Waals surface area contributed by atoms with Crippen molar-refractivity contribution in [3.8, 4) is 0 Å². The van der Waals surface area contributed by atoms with Crippen molar-refractivity contribution in [2.24, 2.45) is 0 Å². The Morgan fingerprint density at radius 3 is 2.48 bits per heavy atom. The molecule has 2 aromatic heterocycles. The van der Waals surface area contributed by atoms with E-state index in [0.717, 1.165) is 26.1 Å². The van der Waals surface area contributed by atoms with Crippen LogP contribution in [0.1, 0.15) is 6.42 Å². The maximum Gasteiger partial charge on any atom is 0.350 e. The minimum absolute atomic E-state index is 0. The summed E-state index contributed by atoms with van der Waals surface area (Å²) in [6.07, 6.45) is 2.58. The standard InChI is InChI=1S/C13H18Cl2N4O.ClH/c14-5-10-17(11-6-15)7-3-9-19-13(20)18-8-2-1-4-12(18)16-19;/h1-2,4,8H,3,5-7,9-11H2;1H. The van der Waals surface area contributed by atoms with Gasteiger partial charge in [-0.2, -0.15) is 0 Å². The van der Waals surface area contributed by atoms with Gasteiger partial charge in [0, 0.05) is 37.6 Å². The van der Waals surface area contributed by atoms with Crippen LogP contribution in [0.15, 0.2) is 29.2 Å². The van der Waals surface area contributed by atoms with Crippen LogP contribution in [0.4, 0.5) is 0 Å². The van der Waals surface area contributed by atoms with Gasteiger partial charge in [0.1, 0.15) is 0 Å². The molecule has 118 valence electrons. The van der Waals surface area contributed by atoms with Crippen LogP contribution < -0.4 is 5.69 Å². The van der Waals surface area contributed by atoms with Gasteiger partial charge in [0.25, 0.3) is 0 Å². The van der Waals surface area contributed by atoms with Crippen LogP contribution in [0.25, 0.3) is 5.65 Å². The minimum atomic E-state index is -0.0955. The largest absolute Gasteiger partial charge is 0.350 e. The van der Waals surface area contributed by atoms with Gasteiger partial charge in [-0.3, -0.25) is 4.40 Å². The van der Waals surface area contributed by atoms with E-state index in [1.54, 1.807) is 10.6 Å². The number of hydrogen-bond donors (Lipinski definition) is 0. The van der Waals surface area contributed by atoms with Gasteiger partial charge in [-0.05, 0) is 25.1 Å². The van der Waals surface area contributed by atoms with Crippen LogP contribution in [0, 0.1) is 0 Å². The highest BCUT2D eigenvalue weighted by Crippen LogP contribution is 1.98. The molecule has 0 bridgehead atoms. The lowest BCUT2D eigenvalue weighted by Gasteiger charge is -2.19. The van der Waals surface area contributed by atoms with Crippen molar-refractivity contribution in [1.29, 1.82) is 0 Å². The molecule has 0 amide bonds. The van der Waals surface area contributed by atoms with E-state index in [1.165, 1.54) is 4.68 Å². The predicted molar refractivity (Wildman–Crippen MR) is 89.2 cm³/mol. The van der Waals surface area contributed by atoms with Crippen LogP contribution in [0.3, 0.4) is 0 Å². The van der Waals surface area contributed by atoms with Crippen LogP contribution in [-0.4, -0.2) is 50.5 Å². The highest BCUT2D eigenvalue weighted by Gasteiger charge is 2.07. The summed E-state index contributed by atoms with van der Waals surface area (Å²) in [5, 5.41) is 4.30. The first kappa shape index (κ1) is 18.3. The molecule has 0 N–H and O–H groups in total. The quantitative estimate of drug-likeness (QED) is 0.683. The van der Waals surface area contributed by atoms with Gasteiger partial charge < -0.3 is 4.90 Å². The van der Waals surface area contributed by atoms with Crippen molar-refractivity contribution >= 4 is 41.3 Å². The van der Waals surface area contributed by atoms with E-state index in [2.05, 4.69) is 10.00 Å². The monoisotopic (exact) mass is 352 g/mol. The fourth-order valence-corrected chi connectivity index (χ4v) is 2.61. The Labute approximate surface area is 139 Å². The second kappa shape index (κ2) is 9.30. The summed E-state index contributed by atoms with van der Waals surface area (Å²) in [7, 11) is 0. The molecule has 21 heavy (non-hydrogen) atoms. The molecule has 0 saturated heterocycles. The molecule has 2 heterocycles. The van der Waals surface area contributed by atoms with Gasteiger partial charge in [0.15, 0.2) is 5.65 Å². The fourth-order valence-electron chi connectivity index (χ4n) is 2.13. The third-order valence-corrected chi connectivity index (χ3v) is 3.47. The average Bonchev–Trinajstić information content (AvgIpc) is 2.77. The molecule has 8 heteroatoms. The number of rotatable bonds is 8. The molecule has 2 rings (SSSR count). The van der Waals surface area contributed by atoms with E-state index in [9.17, 15) is 4.79 Å². The second-order valence-corrected chi connectivity index (χ2v) is 5.26. The Balaban J connectivity index is 0.00000220. The number of aryl methyl sites for hydroxylation is 1. The topological polar surface area (TPSA) is 42.5 Å². The van der Waals surface area contributed by atoms with E-state index >= 15 is 0 Å². The molecular weight excluding hydrogens is 335 g/mol. The Morgan fingerprint density at radius 1 is 1.14 bits per heavy atom. The normalized spacial score (nSPS) is 11.0. The van der Waals surface area contributed by atoms with Crippen LogP contribution in [0.5, 0.6) is 0 Å². The van der Waals surface area contributed by atoms with Crippen molar-refractivity contribution < 1.29 is 0 Å². The number of hydrogen-bond acceptors (Lipinski definition) is 3. The van der Waals surface area contributed by atoms with E-state index in [4.69, 9.17) is 23.2 Å². The molecule has 0 fully saturated rings. The number of pyridine rings is 1. The smallest absolute Gasteiger partial charge is 0.301 e. The Kier molecular flexibility index (Phi) is 8.11. The zero-order valence-electron chi connectivity index (χ0n) is 11.6. The number of fused-ring (bicyclic) bond motifs is 1. The summed E-state index contributed by atoms with van der Waals surface area (Å²) >= 11 is 11.5. The summed E-state index contributed by atoms with van der Waals surface area (Å²) in [4.78, 5) is 14.3. The summed E-state index contributed by atoms with van der Waals surface area (Å²) in [6, 6.07) is 5.52. The molecule has 0 spiro atoms. The van der Waals surface area contributed by atoms with Crippen molar-refractivity contribution in [3.63, 3.8) is 0 Å². The van der Waals surface area contributed by atoms with Crippen LogP contribution in [0.2, 0.25) is 0 Å². The van der Waals surface area contributed by atoms with Gasteiger partial charge in [-0.25, -0.2) is 9.48 Å². The van der Waals surface area contributed by atoms with E-state index < -0.39 is 0 Å². The number of nitrogens with zero attached hydrogens (tertiary/aromatic N) is 4. The number of alkyl halides is 2. The van der Waals surface area contributed by atoms with E-state index in [0.29, 0.717) is 24.0 Å². The lowest BCUT2D eigenvalue weighted by atomic mass is 10.3. The molecule has 0 aliphatic heterocycles. The van der Waals surface area contributed by atoms with Crippen molar-refractivity contribution in [3.05, 3.63) is 34.9 Å². The maximum absolute atomic E-state index is 12.1. The molecule has 0 atom stereocenters.